The molecule has 2 aromatic carbocycles. The number of hydrogen-bond donors (Lipinski definition) is 2. The summed E-state index contributed by atoms with van der Waals surface area (Å²) in [7, 11) is 1.59. The van der Waals surface area contributed by atoms with Crippen molar-refractivity contribution in [2.45, 2.75) is 6.54 Å². The summed E-state index contributed by atoms with van der Waals surface area (Å²) in [5.41, 5.74) is 2.66. The van der Waals surface area contributed by atoms with E-state index in [9.17, 15) is 4.79 Å². The predicted octanol–water partition coefficient (Wildman–Crippen LogP) is 3.17. The third-order valence-electron chi connectivity index (χ3n) is 4.05. The van der Waals surface area contributed by atoms with Crippen molar-refractivity contribution in [2.24, 2.45) is 0 Å². The van der Waals surface area contributed by atoms with E-state index >= 15 is 0 Å². The Balaban J connectivity index is 1.52. The van der Waals surface area contributed by atoms with Crippen LogP contribution in [0.3, 0.4) is 0 Å². The fraction of sp³-hybridized carbons (Fsp3) is 0.316. The Hall–Kier alpha value is -2.57. The van der Waals surface area contributed by atoms with Crippen molar-refractivity contribution in [1.82, 2.24) is 4.90 Å². The molecule has 1 saturated heterocycles. The van der Waals surface area contributed by atoms with Gasteiger partial charge in [-0.3, -0.25) is 4.90 Å². The molecule has 0 saturated carbocycles. The van der Waals surface area contributed by atoms with Crippen LogP contribution in [0.1, 0.15) is 5.56 Å². The van der Waals surface area contributed by atoms with Crippen LogP contribution in [0.2, 0.25) is 0 Å². The van der Waals surface area contributed by atoms with Gasteiger partial charge in [0.05, 0.1) is 20.3 Å². The van der Waals surface area contributed by atoms with E-state index in [1.165, 1.54) is 5.56 Å². The lowest BCUT2D eigenvalue weighted by atomic mass is 10.2. The van der Waals surface area contributed by atoms with Gasteiger partial charge in [-0.1, -0.05) is 18.2 Å². The number of morpholine rings is 1. The van der Waals surface area contributed by atoms with Gasteiger partial charge in [0, 0.05) is 37.1 Å². The number of anilines is 2. The molecule has 0 unspecified atom stereocenters. The van der Waals surface area contributed by atoms with Gasteiger partial charge in [0.1, 0.15) is 5.75 Å². The molecule has 6 nitrogen and oxygen atoms in total. The van der Waals surface area contributed by atoms with Gasteiger partial charge in [-0.15, -0.1) is 0 Å². The standard InChI is InChI=1S/C19H23N3O3/c1-24-18-4-2-3-17(13-18)21-19(23)20-16-7-5-15(6-8-16)14-22-9-11-25-12-10-22/h2-8,13H,9-12,14H2,1H3,(H2,20,21,23). The van der Waals surface area contributed by atoms with Gasteiger partial charge in [-0.2, -0.15) is 0 Å². The minimum absolute atomic E-state index is 0.283. The second-order valence-corrected chi connectivity index (χ2v) is 5.90. The molecule has 0 bridgehead atoms. The van der Waals surface area contributed by atoms with Crippen molar-refractivity contribution in [1.29, 1.82) is 0 Å². The summed E-state index contributed by atoms with van der Waals surface area (Å²) in [6.45, 7) is 4.42. The van der Waals surface area contributed by atoms with E-state index in [2.05, 4.69) is 15.5 Å². The van der Waals surface area contributed by atoms with Gasteiger partial charge in [-0.05, 0) is 29.8 Å². The smallest absolute Gasteiger partial charge is 0.323 e. The third kappa shape index (κ3) is 5.20. The molecule has 1 aliphatic heterocycles. The van der Waals surface area contributed by atoms with Crippen molar-refractivity contribution >= 4 is 17.4 Å². The molecule has 0 atom stereocenters. The summed E-state index contributed by atoms with van der Waals surface area (Å²) >= 11 is 0. The molecule has 0 aromatic heterocycles. The zero-order valence-corrected chi connectivity index (χ0v) is 14.3. The molecule has 0 aliphatic carbocycles. The minimum atomic E-state index is -0.283. The zero-order chi connectivity index (χ0) is 17.5. The summed E-state index contributed by atoms with van der Waals surface area (Å²) in [6, 6.07) is 14.9. The van der Waals surface area contributed by atoms with Crippen LogP contribution >= 0.6 is 0 Å². The Morgan fingerprint density at radius 1 is 1.08 bits per heavy atom. The largest absolute Gasteiger partial charge is 0.497 e. The number of ether oxygens (including phenoxy) is 2. The Bertz CT molecular complexity index is 697. The van der Waals surface area contributed by atoms with Crippen LogP contribution in [0.15, 0.2) is 48.5 Å². The van der Waals surface area contributed by atoms with E-state index in [1.807, 2.05) is 42.5 Å². The van der Waals surface area contributed by atoms with Crippen LogP contribution in [0.4, 0.5) is 16.2 Å². The van der Waals surface area contributed by atoms with Crippen LogP contribution < -0.4 is 15.4 Å². The van der Waals surface area contributed by atoms with Gasteiger partial charge < -0.3 is 20.1 Å². The number of urea groups is 1. The summed E-state index contributed by atoms with van der Waals surface area (Å²) < 4.78 is 10.5. The highest BCUT2D eigenvalue weighted by Gasteiger charge is 2.10. The molecule has 2 amide bonds. The normalized spacial score (nSPS) is 14.8. The minimum Gasteiger partial charge on any atom is -0.497 e. The third-order valence-corrected chi connectivity index (χ3v) is 4.05. The fourth-order valence-corrected chi connectivity index (χ4v) is 2.71. The number of benzene rings is 2. The molecule has 25 heavy (non-hydrogen) atoms. The van der Waals surface area contributed by atoms with Crippen molar-refractivity contribution in [3.8, 4) is 5.75 Å². The van der Waals surface area contributed by atoms with E-state index in [0.717, 1.165) is 38.5 Å². The number of carbonyl (C=O) groups is 1. The molecule has 132 valence electrons. The monoisotopic (exact) mass is 341 g/mol. The summed E-state index contributed by atoms with van der Waals surface area (Å²) in [6.07, 6.45) is 0. The quantitative estimate of drug-likeness (QED) is 0.877. The van der Waals surface area contributed by atoms with Gasteiger partial charge in [0.25, 0.3) is 0 Å². The second kappa shape index (κ2) is 8.50. The molecule has 0 radical (unpaired) electrons. The van der Waals surface area contributed by atoms with Crippen LogP contribution in [0, 0.1) is 0 Å². The molecule has 1 fully saturated rings. The maximum atomic E-state index is 12.1. The zero-order valence-electron chi connectivity index (χ0n) is 14.3. The highest BCUT2D eigenvalue weighted by molar-refractivity contribution is 5.99. The molecule has 2 aromatic rings. The molecular weight excluding hydrogens is 318 g/mol. The van der Waals surface area contributed by atoms with Crippen molar-refractivity contribution in [3.63, 3.8) is 0 Å². The van der Waals surface area contributed by atoms with Crippen LogP contribution in [0.5, 0.6) is 5.75 Å². The highest BCUT2D eigenvalue weighted by Crippen LogP contribution is 2.17. The van der Waals surface area contributed by atoms with Crippen molar-refractivity contribution < 1.29 is 14.3 Å². The van der Waals surface area contributed by atoms with E-state index in [4.69, 9.17) is 9.47 Å². The maximum Gasteiger partial charge on any atom is 0.323 e. The van der Waals surface area contributed by atoms with E-state index in [-0.39, 0.29) is 6.03 Å². The predicted molar refractivity (Wildman–Crippen MR) is 98.2 cm³/mol. The number of methoxy groups -OCH3 is 1. The number of carbonyl (C=O) groups excluding carboxylic acids is 1. The lowest BCUT2D eigenvalue weighted by Gasteiger charge is -2.26. The summed E-state index contributed by atoms with van der Waals surface area (Å²) in [5, 5.41) is 5.63. The number of hydrogen-bond acceptors (Lipinski definition) is 4. The Morgan fingerprint density at radius 2 is 1.80 bits per heavy atom. The van der Waals surface area contributed by atoms with Gasteiger partial charge in [0.2, 0.25) is 0 Å². The first-order valence-corrected chi connectivity index (χ1v) is 8.34. The van der Waals surface area contributed by atoms with E-state index in [0.29, 0.717) is 11.4 Å². The molecule has 1 aliphatic rings. The van der Waals surface area contributed by atoms with Gasteiger partial charge in [-0.25, -0.2) is 4.79 Å². The summed E-state index contributed by atoms with van der Waals surface area (Å²) in [5.74, 6) is 0.699. The highest BCUT2D eigenvalue weighted by atomic mass is 16.5. The molecular formula is C19H23N3O3. The Kier molecular flexibility index (Phi) is 5.87. The van der Waals surface area contributed by atoms with E-state index in [1.54, 1.807) is 13.2 Å². The lowest BCUT2D eigenvalue weighted by Crippen LogP contribution is -2.35. The van der Waals surface area contributed by atoms with Crippen molar-refractivity contribution in [2.75, 3.05) is 44.0 Å². The topological polar surface area (TPSA) is 62.8 Å². The molecule has 0 spiro atoms. The van der Waals surface area contributed by atoms with Crippen LogP contribution in [0.25, 0.3) is 0 Å². The fourth-order valence-electron chi connectivity index (χ4n) is 2.71. The number of amides is 2. The molecule has 2 N–H and O–H groups in total. The average Bonchev–Trinajstić information content (AvgIpc) is 2.64. The SMILES string of the molecule is COc1cccc(NC(=O)Nc2ccc(CN3CCOCC3)cc2)c1. The first kappa shape index (κ1) is 17.3. The van der Waals surface area contributed by atoms with E-state index < -0.39 is 0 Å². The first-order valence-electron chi connectivity index (χ1n) is 8.34. The van der Waals surface area contributed by atoms with Crippen LogP contribution in [-0.4, -0.2) is 44.3 Å². The number of rotatable bonds is 5. The maximum absolute atomic E-state index is 12.1. The average molecular weight is 341 g/mol. The summed E-state index contributed by atoms with van der Waals surface area (Å²) in [4.78, 5) is 14.5. The Labute approximate surface area is 147 Å². The second-order valence-electron chi connectivity index (χ2n) is 5.90. The van der Waals surface area contributed by atoms with Gasteiger partial charge >= 0.3 is 6.03 Å². The molecule has 3 rings (SSSR count). The Morgan fingerprint density at radius 3 is 2.52 bits per heavy atom. The first-order chi connectivity index (χ1) is 12.2. The molecule has 6 heteroatoms. The van der Waals surface area contributed by atoms with Crippen molar-refractivity contribution in [3.05, 3.63) is 54.1 Å². The van der Waals surface area contributed by atoms with Crippen LogP contribution in [-0.2, 0) is 11.3 Å². The number of nitrogens with one attached hydrogen (secondary N) is 2. The number of nitrogens with zero attached hydrogens (tertiary/aromatic N) is 1. The van der Waals surface area contributed by atoms with Gasteiger partial charge in [0.15, 0.2) is 0 Å². The molecule has 1 heterocycles. The lowest BCUT2D eigenvalue weighted by molar-refractivity contribution is 0.0342.